The molecule has 0 bridgehead atoms. The van der Waals surface area contributed by atoms with Crippen molar-refractivity contribution < 1.29 is 13.6 Å². The number of hydrogen-bond acceptors (Lipinski definition) is 2. The highest BCUT2D eigenvalue weighted by atomic mass is 19.1. The first kappa shape index (κ1) is 13.6. The number of hydrogen-bond donors (Lipinski definition) is 2. The second-order valence-corrected chi connectivity index (χ2v) is 4.00. The van der Waals surface area contributed by atoms with Crippen LogP contribution >= 0.6 is 0 Å². The SMILES string of the molecule is CCC(C)C(N)C(=O)Nc1c(F)cccc1F. The maximum atomic E-state index is 13.3. The monoisotopic (exact) mass is 242 g/mol. The topological polar surface area (TPSA) is 55.1 Å². The van der Waals surface area contributed by atoms with Crippen LogP contribution < -0.4 is 11.1 Å². The summed E-state index contributed by atoms with van der Waals surface area (Å²) >= 11 is 0. The van der Waals surface area contributed by atoms with E-state index in [9.17, 15) is 13.6 Å². The van der Waals surface area contributed by atoms with Gasteiger partial charge in [0, 0.05) is 0 Å². The van der Waals surface area contributed by atoms with E-state index in [-0.39, 0.29) is 5.92 Å². The van der Waals surface area contributed by atoms with Crippen LogP contribution in [0.15, 0.2) is 18.2 Å². The zero-order chi connectivity index (χ0) is 13.0. The summed E-state index contributed by atoms with van der Waals surface area (Å²) in [6.45, 7) is 3.70. The first-order chi connectivity index (χ1) is 7.97. The van der Waals surface area contributed by atoms with Crippen LogP contribution in [0.2, 0.25) is 0 Å². The molecule has 0 aromatic heterocycles. The molecule has 0 saturated heterocycles. The third kappa shape index (κ3) is 3.23. The van der Waals surface area contributed by atoms with E-state index in [0.717, 1.165) is 12.1 Å². The summed E-state index contributed by atoms with van der Waals surface area (Å²) in [4.78, 5) is 11.6. The van der Waals surface area contributed by atoms with Crippen LogP contribution in [0.4, 0.5) is 14.5 Å². The van der Waals surface area contributed by atoms with Gasteiger partial charge in [-0.05, 0) is 18.1 Å². The Morgan fingerprint density at radius 2 is 1.94 bits per heavy atom. The van der Waals surface area contributed by atoms with E-state index in [2.05, 4.69) is 5.32 Å². The summed E-state index contributed by atoms with van der Waals surface area (Å²) in [5, 5.41) is 2.18. The number of rotatable bonds is 4. The van der Waals surface area contributed by atoms with Crippen molar-refractivity contribution in [1.29, 1.82) is 0 Å². The van der Waals surface area contributed by atoms with Crippen molar-refractivity contribution in [2.75, 3.05) is 5.32 Å². The molecule has 2 unspecified atom stereocenters. The van der Waals surface area contributed by atoms with Gasteiger partial charge in [-0.2, -0.15) is 0 Å². The predicted molar refractivity (Wildman–Crippen MR) is 62.4 cm³/mol. The Hall–Kier alpha value is -1.49. The van der Waals surface area contributed by atoms with Crippen LogP contribution in [-0.2, 0) is 4.79 Å². The quantitative estimate of drug-likeness (QED) is 0.851. The van der Waals surface area contributed by atoms with Crippen molar-refractivity contribution in [3.05, 3.63) is 29.8 Å². The van der Waals surface area contributed by atoms with Crippen molar-refractivity contribution >= 4 is 11.6 Å². The second kappa shape index (κ2) is 5.72. The fourth-order valence-corrected chi connectivity index (χ4v) is 1.34. The molecule has 0 heterocycles. The average molecular weight is 242 g/mol. The fraction of sp³-hybridized carbons (Fsp3) is 0.417. The number of benzene rings is 1. The number of para-hydroxylation sites is 1. The molecule has 1 amide bonds. The number of nitrogens with one attached hydrogen (secondary N) is 1. The van der Waals surface area contributed by atoms with Gasteiger partial charge in [0.15, 0.2) is 0 Å². The van der Waals surface area contributed by atoms with E-state index < -0.39 is 29.3 Å². The first-order valence-electron chi connectivity index (χ1n) is 5.47. The Morgan fingerprint density at radius 3 is 2.41 bits per heavy atom. The summed E-state index contributed by atoms with van der Waals surface area (Å²) in [7, 11) is 0. The second-order valence-electron chi connectivity index (χ2n) is 4.00. The third-order valence-electron chi connectivity index (χ3n) is 2.77. The van der Waals surface area contributed by atoms with Gasteiger partial charge in [-0.1, -0.05) is 26.3 Å². The van der Waals surface area contributed by atoms with Gasteiger partial charge in [0.1, 0.15) is 17.3 Å². The molecule has 5 heteroatoms. The van der Waals surface area contributed by atoms with Crippen molar-refractivity contribution in [2.45, 2.75) is 26.3 Å². The maximum absolute atomic E-state index is 13.3. The maximum Gasteiger partial charge on any atom is 0.241 e. The lowest BCUT2D eigenvalue weighted by Crippen LogP contribution is -2.41. The lowest BCUT2D eigenvalue weighted by molar-refractivity contribution is -0.118. The van der Waals surface area contributed by atoms with Gasteiger partial charge < -0.3 is 11.1 Å². The zero-order valence-corrected chi connectivity index (χ0v) is 9.84. The van der Waals surface area contributed by atoms with Crippen LogP contribution in [-0.4, -0.2) is 11.9 Å². The minimum absolute atomic E-state index is 0.0511. The molecule has 3 N–H and O–H groups in total. The largest absolute Gasteiger partial charge is 0.320 e. The van der Waals surface area contributed by atoms with E-state index in [1.807, 2.05) is 13.8 Å². The smallest absolute Gasteiger partial charge is 0.241 e. The standard InChI is InChI=1S/C12H16F2N2O/c1-3-7(2)10(15)12(17)16-11-8(13)5-4-6-9(11)14/h4-7,10H,3,15H2,1-2H3,(H,16,17). The van der Waals surface area contributed by atoms with Crippen molar-refractivity contribution in [2.24, 2.45) is 11.7 Å². The van der Waals surface area contributed by atoms with E-state index in [4.69, 9.17) is 5.73 Å². The van der Waals surface area contributed by atoms with Gasteiger partial charge in [-0.25, -0.2) is 8.78 Å². The highest BCUT2D eigenvalue weighted by Crippen LogP contribution is 2.18. The molecular weight excluding hydrogens is 226 g/mol. The van der Waals surface area contributed by atoms with E-state index in [1.165, 1.54) is 6.07 Å². The molecular formula is C12H16F2N2O. The molecule has 94 valence electrons. The summed E-state index contributed by atoms with van der Waals surface area (Å²) < 4.78 is 26.5. The summed E-state index contributed by atoms with van der Waals surface area (Å²) in [5.74, 6) is -2.25. The molecule has 0 aliphatic carbocycles. The third-order valence-corrected chi connectivity index (χ3v) is 2.77. The fourth-order valence-electron chi connectivity index (χ4n) is 1.34. The Kier molecular flexibility index (Phi) is 4.57. The zero-order valence-electron chi connectivity index (χ0n) is 9.84. The molecule has 2 atom stereocenters. The lowest BCUT2D eigenvalue weighted by Gasteiger charge is -2.18. The van der Waals surface area contributed by atoms with E-state index >= 15 is 0 Å². The van der Waals surface area contributed by atoms with Gasteiger partial charge in [-0.15, -0.1) is 0 Å². The number of anilines is 1. The number of nitrogens with two attached hydrogens (primary N) is 1. The first-order valence-corrected chi connectivity index (χ1v) is 5.47. The molecule has 17 heavy (non-hydrogen) atoms. The van der Waals surface area contributed by atoms with Crippen LogP contribution in [0.1, 0.15) is 20.3 Å². The van der Waals surface area contributed by atoms with E-state index in [0.29, 0.717) is 6.42 Å². The number of amides is 1. The minimum atomic E-state index is -0.810. The molecule has 1 aromatic rings. The number of carbonyl (C=O) groups excluding carboxylic acids is 1. The van der Waals surface area contributed by atoms with Crippen LogP contribution in [0.25, 0.3) is 0 Å². The van der Waals surface area contributed by atoms with Gasteiger partial charge in [0.2, 0.25) is 5.91 Å². The molecule has 3 nitrogen and oxygen atoms in total. The summed E-state index contributed by atoms with van der Waals surface area (Å²) in [6.07, 6.45) is 0.717. The average Bonchev–Trinajstić information content (AvgIpc) is 2.31. The summed E-state index contributed by atoms with van der Waals surface area (Å²) in [5.41, 5.74) is 5.21. The highest BCUT2D eigenvalue weighted by Gasteiger charge is 2.21. The minimum Gasteiger partial charge on any atom is -0.320 e. The van der Waals surface area contributed by atoms with Gasteiger partial charge in [-0.3, -0.25) is 4.79 Å². The molecule has 0 radical (unpaired) electrons. The van der Waals surface area contributed by atoms with Crippen molar-refractivity contribution in [3.63, 3.8) is 0 Å². The van der Waals surface area contributed by atoms with Gasteiger partial charge >= 0.3 is 0 Å². The van der Waals surface area contributed by atoms with Crippen LogP contribution in [0.5, 0.6) is 0 Å². The molecule has 0 saturated carbocycles. The predicted octanol–water partition coefficient (Wildman–Crippen LogP) is 2.28. The normalized spacial score (nSPS) is 14.2. The summed E-state index contributed by atoms with van der Waals surface area (Å²) in [6, 6.07) is 2.61. The molecule has 1 rings (SSSR count). The number of halogens is 2. The molecule has 0 aliphatic rings. The Bertz CT molecular complexity index is 389. The Morgan fingerprint density at radius 1 is 1.41 bits per heavy atom. The molecule has 0 fully saturated rings. The molecule has 1 aromatic carbocycles. The van der Waals surface area contributed by atoms with Crippen LogP contribution in [0, 0.1) is 17.6 Å². The lowest BCUT2D eigenvalue weighted by atomic mass is 9.99. The van der Waals surface area contributed by atoms with Crippen LogP contribution in [0.3, 0.4) is 0 Å². The molecule has 0 spiro atoms. The highest BCUT2D eigenvalue weighted by molar-refractivity contribution is 5.95. The molecule has 0 aliphatic heterocycles. The number of carbonyl (C=O) groups is 1. The van der Waals surface area contributed by atoms with E-state index in [1.54, 1.807) is 0 Å². The van der Waals surface area contributed by atoms with Gasteiger partial charge in [0.05, 0.1) is 6.04 Å². The Labute approximate surface area is 99.0 Å². The Balaban J connectivity index is 2.81. The van der Waals surface area contributed by atoms with Gasteiger partial charge in [0.25, 0.3) is 0 Å². The van der Waals surface area contributed by atoms with Crippen molar-refractivity contribution in [3.8, 4) is 0 Å². The van der Waals surface area contributed by atoms with Crippen molar-refractivity contribution in [1.82, 2.24) is 0 Å².